The van der Waals surface area contributed by atoms with E-state index >= 15 is 0 Å². The van der Waals surface area contributed by atoms with Crippen molar-refractivity contribution in [3.8, 4) is 5.75 Å². The van der Waals surface area contributed by atoms with Crippen LogP contribution in [0.2, 0.25) is 0 Å². The van der Waals surface area contributed by atoms with Gasteiger partial charge in [0.1, 0.15) is 11.9 Å². The Bertz CT molecular complexity index is 885. The van der Waals surface area contributed by atoms with E-state index in [0.29, 0.717) is 37.0 Å². The molecule has 5 atom stereocenters. The van der Waals surface area contributed by atoms with Crippen LogP contribution in [0.1, 0.15) is 102 Å². The van der Waals surface area contributed by atoms with Crippen molar-refractivity contribution in [2.75, 3.05) is 20.3 Å². The van der Waals surface area contributed by atoms with Crippen LogP contribution in [0, 0.1) is 17.8 Å². The fraction of sp³-hybridized carbons (Fsp3) is 0.750. The molecule has 2 aliphatic carbocycles. The Balaban J connectivity index is 1.57. The molecule has 0 heterocycles. The van der Waals surface area contributed by atoms with Gasteiger partial charge in [-0.2, -0.15) is 0 Å². The molecule has 220 valence electrons. The molecule has 0 radical (unpaired) electrons. The highest BCUT2D eigenvalue weighted by Gasteiger charge is 2.45. The zero-order chi connectivity index (χ0) is 28.0. The Kier molecular flexibility index (Phi) is 13.6. The predicted molar refractivity (Wildman–Crippen MR) is 151 cm³/mol. The summed E-state index contributed by atoms with van der Waals surface area (Å²) in [7, 11) is 1.64. The van der Waals surface area contributed by atoms with E-state index in [0.717, 1.165) is 50.5 Å². The van der Waals surface area contributed by atoms with Crippen LogP contribution >= 0.6 is 0 Å². The van der Waals surface area contributed by atoms with Crippen molar-refractivity contribution in [3.05, 3.63) is 29.3 Å². The van der Waals surface area contributed by atoms with E-state index < -0.39 is 5.97 Å². The number of carbonyl (C=O) groups is 2. The van der Waals surface area contributed by atoms with Crippen LogP contribution in [0.25, 0.3) is 0 Å². The van der Waals surface area contributed by atoms with E-state index in [-0.39, 0.29) is 30.7 Å². The van der Waals surface area contributed by atoms with Crippen molar-refractivity contribution in [2.24, 2.45) is 17.8 Å². The summed E-state index contributed by atoms with van der Waals surface area (Å²) in [5.41, 5.74) is 2.29. The van der Waals surface area contributed by atoms with E-state index in [4.69, 9.17) is 19.3 Å². The van der Waals surface area contributed by atoms with E-state index in [9.17, 15) is 14.7 Å². The average Bonchev–Trinajstić information content (AvgIpc) is 3.22. The van der Waals surface area contributed by atoms with Gasteiger partial charge in [0, 0.05) is 20.1 Å². The Morgan fingerprint density at radius 1 is 1.03 bits per heavy atom. The SMILES string of the molecule is CCCCCCCCC[C@@H](CC[C@@H]1[C@H]2Cc3cccc(OCC(=O)O)c3C[C@H]2C[C@H]1O)OC(=O)CCCOC. The van der Waals surface area contributed by atoms with E-state index in [1.807, 2.05) is 12.1 Å². The summed E-state index contributed by atoms with van der Waals surface area (Å²) in [6.07, 6.45) is 14.1. The van der Waals surface area contributed by atoms with Crippen LogP contribution in [-0.4, -0.2) is 54.7 Å². The van der Waals surface area contributed by atoms with E-state index in [2.05, 4.69) is 13.0 Å². The van der Waals surface area contributed by atoms with Crippen molar-refractivity contribution in [1.82, 2.24) is 0 Å². The lowest BCUT2D eigenvalue weighted by Gasteiger charge is -2.32. The van der Waals surface area contributed by atoms with Gasteiger partial charge >= 0.3 is 11.9 Å². The summed E-state index contributed by atoms with van der Waals surface area (Å²) < 4.78 is 16.6. The van der Waals surface area contributed by atoms with Crippen LogP contribution in [0.5, 0.6) is 5.75 Å². The fourth-order valence-electron chi connectivity index (χ4n) is 6.65. The first kappa shape index (κ1) is 31.4. The van der Waals surface area contributed by atoms with E-state index in [1.165, 1.54) is 44.1 Å². The second-order valence-corrected chi connectivity index (χ2v) is 11.6. The summed E-state index contributed by atoms with van der Waals surface area (Å²) in [6.45, 7) is 2.44. The molecule has 1 aromatic carbocycles. The lowest BCUT2D eigenvalue weighted by molar-refractivity contribution is -0.150. The molecular weight excluding hydrogens is 496 g/mol. The van der Waals surface area contributed by atoms with Gasteiger partial charge < -0.3 is 24.4 Å². The molecule has 7 heteroatoms. The molecule has 0 bridgehead atoms. The second kappa shape index (κ2) is 16.9. The monoisotopic (exact) mass is 546 g/mol. The number of carboxylic acid groups (broad SMARTS) is 1. The molecule has 2 aliphatic rings. The molecule has 2 N–H and O–H groups in total. The first-order chi connectivity index (χ1) is 18.9. The van der Waals surface area contributed by atoms with E-state index in [1.54, 1.807) is 7.11 Å². The first-order valence-corrected chi connectivity index (χ1v) is 15.2. The summed E-state index contributed by atoms with van der Waals surface area (Å²) in [5, 5.41) is 20.1. The quantitative estimate of drug-likeness (QED) is 0.159. The van der Waals surface area contributed by atoms with Gasteiger partial charge in [-0.3, -0.25) is 4.79 Å². The standard InChI is InChI=1S/C32H50O7/c1-3-4-5-6-7-8-9-13-25(39-32(36)15-11-18-37-2)16-17-26-27-19-23-12-10-14-30(38-22-31(34)35)28(23)20-24(27)21-29(26)33/h10,12,14,24-27,29,33H,3-9,11,13,15-22H2,1-2H3,(H,34,35)/t24-,25-,26+,27-,29+/m0/s1. The predicted octanol–water partition coefficient (Wildman–Crippen LogP) is 6.12. The van der Waals surface area contributed by atoms with Crippen molar-refractivity contribution in [3.63, 3.8) is 0 Å². The second-order valence-electron chi connectivity index (χ2n) is 11.6. The molecule has 3 rings (SSSR count). The van der Waals surface area contributed by atoms with Crippen molar-refractivity contribution in [2.45, 2.75) is 115 Å². The van der Waals surface area contributed by atoms with Crippen molar-refractivity contribution < 1.29 is 34.0 Å². The maximum absolute atomic E-state index is 12.5. The number of carbonyl (C=O) groups excluding carboxylic acids is 1. The number of rotatable bonds is 19. The highest BCUT2D eigenvalue weighted by atomic mass is 16.5. The number of aliphatic hydroxyl groups is 1. The van der Waals surface area contributed by atoms with Crippen LogP contribution in [0.15, 0.2) is 18.2 Å². The van der Waals surface area contributed by atoms with Gasteiger partial charge in [-0.05, 0) is 86.3 Å². The summed E-state index contributed by atoms with van der Waals surface area (Å²) in [5.74, 6) is 0.425. The lowest BCUT2D eigenvalue weighted by atomic mass is 9.73. The Morgan fingerprint density at radius 3 is 2.54 bits per heavy atom. The maximum atomic E-state index is 12.5. The number of esters is 1. The van der Waals surface area contributed by atoms with Gasteiger partial charge in [0.25, 0.3) is 0 Å². The fourth-order valence-corrected chi connectivity index (χ4v) is 6.65. The minimum atomic E-state index is -0.983. The number of benzene rings is 1. The minimum absolute atomic E-state index is 0.103. The van der Waals surface area contributed by atoms with Crippen LogP contribution in [-0.2, 0) is 31.9 Å². The van der Waals surface area contributed by atoms with Crippen LogP contribution in [0.4, 0.5) is 0 Å². The zero-order valence-electron chi connectivity index (χ0n) is 24.1. The number of fused-ring (bicyclic) bond motifs is 2. The molecule has 39 heavy (non-hydrogen) atoms. The maximum Gasteiger partial charge on any atom is 0.341 e. The van der Waals surface area contributed by atoms with Crippen LogP contribution < -0.4 is 4.74 Å². The number of unbranched alkanes of at least 4 members (excludes halogenated alkanes) is 6. The number of carboxylic acids is 1. The number of ether oxygens (including phenoxy) is 3. The average molecular weight is 547 g/mol. The van der Waals surface area contributed by atoms with Gasteiger partial charge in [0.2, 0.25) is 0 Å². The molecule has 0 spiro atoms. The van der Waals surface area contributed by atoms with Gasteiger partial charge in [-0.1, -0.05) is 57.6 Å². The molecule has 0 unspecified atom stereocenters. The van der Waals surface area contributed by atoms with Gasteiger partial charge in [0.15, 0.2) is 6.61 Å². The highest BCUT2D eigenvalue weighted by molar-refractivity contribution is 5.69. The van der Waals surface area contributed by atoms with Crippen molar-refractivity contribution >= 4 is 11.9 Å². The van der Waals surface area contributed by atoms with Gasteiger partial charge in [0.05, 0.1) is 6.10 Å². The number of aliphatic carboxylic acids is 1. The minimum Gasteiger partial charge on any atom is -0.482 e. The molecule has 1 fully saturated rings. The summed E-state index contributed by atoms with van der Waals surface area (Å²) in [4.78, 5) is 23.5. The molecule has 7 nitrogen and oxygen atoms in total. The summed E-state index contributed by atoms with van der Waals surface area (Å²) >= 11 is 0. The highest BCUT2D eigenvalue weighted by Crippen LogP contribution is 2.48. The summed E-state index contributed by atoms with van der Waals surface area (Å²) in [6, 6.07) is 5.88. The Morgan fingerprint density at radius 2 is 1.79 bits per heavy atom. The molecule has 0 amide bonds. The third-order valence-electron chi connectivity index (χ3n) is 8.68. The zero-order valence-corrected chi connectivity index (χ0v) is 24.1. The molecule has 0 aromatic heterocycles. The molecule has 1 saturated carbocycles. The lowest BCUT2D eigenvalue weighted by Crippen LogP contribution is -2.29. The Labute approximate surface area is 234 Å². The molecule has 1 aromatic rings. The third-order valence-corrected chi connectivity index (χ3v) is 8.68. The smallest absolute Gasteiger partial charge is 0.341 e. The largest absolute Gasteiger partial charge is 0.482 e. The van der Waals surface area contributed by atoms with Gasteiger partial charge in [-0.25, -0.2) is 4.79 Å². The number of aliphatic hydroxyl groups excluding tert-OH is 1. The number of methoxy groups -OCH3 is 1. The Hall–Kier alpha value is -2.12. The normalized spacial score (nSPS) is 22.6. The number of hydrogen-bond donors (Lipinski definition) is 2. The third kappa shape index (κ3) is 10.1. The van der Waals surface area contributed by atoms with Crippen LogP contribution in [0.3, 0.4) is 0 Å². The number of hydrogen-bond acceptors (Lipinski definition) is 6. The molecule has 0 aliphatic heterocycles. The molecule has 0 saturated heterocycles. The first-order valence-electron chi connectivity index (χ1n) is 15.2. The topological polar surface area (TPSA) is 102 Å². The van der Waals surface area contributed by atoms with Crippen molar-refractivity contribution in [1.29, 1.82) is 0 Å². The van der Waals surface area contributed by atoms with Gasteiger partial charge in [-0.15, -0.1) is 0 Å². The molecular formula is C32H50O7.